The molecule has 2 saturated carbocycles. The van der Waals surface area contributed by atoms with E-state index in [0.29, 0.717) is 11.8 Å². The largest absolute Gasteiger partial charge is 0.339 e. The first kappa shape index (κ1) is 13.1. The summed E-state index contributed by atoms with van der Waals surface area (Å²) in [5.74, 6) is 3.52. The van der Waals surface area contributed by atoms with Gasteiger partial charge in [0.25, 0.3) is 0 Å². The predicted octanol–water partition coefficient (Wildman–Crippen LogP) is 3.34. The van der Waals surface area contributed by atoms with Gasteiger partial charge in [0.1, 0.15) is 0 Å². The fourth-order valence-electron chi connectivity index (χ4n) is 3.43. The topological polar surface area (TPSA) is 64.9 Å². The fourth-order valence-corrected chi connectivity index (χ4v) is 3.43. The second-order valence-electron chi connectivity index (χ2n) is 6.98. The minimum Gasteiger partial charge on any atom is -0.339 e. The number of hydrogen-bond acceptors (Lipinski definition) is 4. The van der Waals surface area contributed by atoms with E-state index in [0.717, 1.165) is 30.5 Å². The zero-order valence-corrected chi connectivity index (χ0v) is 12.1. The number of aromatic nitrogens is 2. The Bertz CT molecular complexity index is 438. The summed E-state index contributed by atoms with van der Waals surface area (Å²) in [7, 11) is 0. The lowest BCUT2D eigenvalue weighted by Gasteiger charge is -2.36. The monoisotopic (exact) mass is 263 g/mol. The molecule has 2 atom stereocenters. The first-order valence-corrected chi connectivity index (χ1v) is 7.70. The molecule has 0 saturated heterocycles. The molecule has 2 aliphatic rings. The van der Waals surface area contributed by atoms with Crippen LogP contribution in [0.4, 0.5) is 0 Å². The molecule has 0 aromatic carbocycles. The molecule has 0 radical (unpaired) electrons. The van der Waals surface area contributed by atoms with Crippen LogP contribution < -0.4 is 5.73 Å². The summed E-state index contributed by atoms with van der Waals surface area (Å²) in [4.78, 5) is 4.58. The molecule has 3 rings (SSSR count). The van der Waals surface area contributed by atoms with Crippen molar-refractivity contribution in [3.05, 3.63) is 11.7 Å². The Kier molecular flexibility index (Phi) is 3.37. The van der Waals surface area contributed by atoms with Crippen molar-refractivity contribution in [2.24, 2.45) is 17.6 Å². The van der Waals surface area contributed by atoms with E-state index < -0.39 is 0 Å². The van der Waals surface area contributed by atoms with E-state index in [9.17, 15) is 0 Å². The third-order valence-electron chi connectivity index (χ3n) is 4.51. The van der Waals surface area contributed by atoms with E-state index in [2.05, 4.69) is 24.0 Å². The third-order valence-corrected chi connectivity index (χ3v) is 4.51. The Labute approximate surface area is 115 Å². The molecule has 0 aliphatic heterocycles. The van der Waals surface area contributed by atoms with Crippen LogP contribution in [0.5, 0.6) is 0 Å². The van der Waals surface area contributed by atoms with Gasteiger partial charge in [0.2, 0.25) is 5.89 Å². The van der Waals surface area contributed by atoms with Gasteiger partial charge in [-0.1, -0.05) is 31.8 Å². The quantitative estimate of drug-likeness (QED) is 0.904. The maximum Gasteiger partial charge on any atom is 0.229 e. The first-order valence-electron chi connectivity index (χ1n) is 7.70. The average molecular weight is 263 g/mol. The lowest BCUT2D eigenvalue weighted by atomic mass is 9.73. The molecule has 1 heterocycles. The van der Waals surface area contributed by atoms with E-state index in [-0.39, 0.29) is 5.54 Å². The SMILES string of the molecule is CC(C)CC1CCCC(N)(c2noc(C3CC3)n2)C1. The van der Waals surface area contributed by atoms with Crippen LogP contribution in [-0.4, -0.2) is 10.1 Å². The van der Waals surface area contributed by atoms with E-state index in [1.807, 2.05) is 0 Å². The Morgan fingerprint density at radius 3 is 2.84 bits per heavy atom. The van der Waals surface area contributed by atoms with Crippen molar-refractivity contribution in [1.29, 1.82) is 0 Å². The van der Waals surface area contributed by atoms with Crippen LogP contribution in [0.2, 0.25) is 0 Å². The zero-order chi connectivity index (χ0) is 13.5. The first-order chi connectivity index (χ1) is 9.07. The standard InChI is InChI=1S/C15H25N3O/c1-10(2)8-11-4-3-7-15(16,9-11)14-17-13(19-18-14)12-5-6-12/h10-12H,3-9,16H2,1-2H3. The summed E-state index contributed by atoms with van der Waals surface area (Å²) in [6.45, 7) is 4.57. The molecule has 0 amide bonds. The lowest BCUT2D eigenvalue weighted by molar-refractivity contribution is 0.190. The van der Waals surface area contributed by atoms with Gasteiger partial charge in [0.15, 0.2) is 5.82 Å². The Balaban J connectivity index is 1.72. The van der Waals surface area contributed by atoms with Gasteiger partial charge >= 0.3 is 0 Å². The smallest absolute Gasteiger partial charge is 0.229 e. The van der Waals surface area contributed by atoms with Gasteiger partial charge in [-0.15, -0.1) is 0 Å². The Morgan fingerprint density at radius 1 is 1.37 bits per heavy atom. The van der Waals surface area contributed by atoms with Crippen molar-refractivity contribution in [3.63, 3.8) is 0 Å². The van der Waals surface area contributed by atoms with Crippen molar-refractivity contribution in [2.75, 3.05) is 0 Å². The van der Waals surface area contributed by atoms with Crippen molar-refractivity contribution in [2.45, 2.75) is 70.3 Å². The van der Waals surface area contributed by atoms with Crippen LogP contribution in [0.15, 0.2) is 4.52 Å². The van der Waals surface area contributed by atoms with Crippen molar-refractivity contribution in [3.8, 4) is 0 Å². The highest BCUT2D eigenvalue weighted by Gasteiger charge is 2.40. The zero-order valence-electron chi connectivity index (χ0n) is 12.1. The summed E-state index contributed by atoms with van der Waals surface area (Å²) in [5, 5.41) is 4.18. The minimum absolute atomic E-state index is 0.353. The van der Waals surface area contributed by atoms with E-state index in [4.69, 9.17) is 10.3 Å². The van der Waals surface area contributed by atoms with Crippen LogP contribution in [0, 0.1) is 11.8 Å². The summed E-state index contributed by atoms with van der Waals surface area (Å²) in [6.07, 6.45) is 8.11. The van der Waals surface area contributed by atoms with Crippen molar-refractivity contribution >= 4 is 0 Å². The van der Waals surface area contributed by atoms with E-state index in [1.54, 1.807) is 0 Å². The molecular weight excluding hydrogens is 238 g/mol. The molecule has 2 N–H and O–H groups in total. The molecule has 0 spiro atoms. The maximum atomic E-state index is 6.60. The highest BCUT2D eigenvalue weighted by molar-refractivity contribution is 5.10. The van der Waals surface area contributed by atoms with Crippen molar-refractivity contribution < 1.29 is 4.52 Å². The molecule has 4 nitrogen and oxygen atoms in total. The van der Waals surface area contributed by atoms with Crippen LogP contribution in [0.1, 0.15) is 76.4 Å². The number of hydrogen-bond donors (Lipinski definition) is 1. The summed E-state index contributed by atoms with van der Waals surface area (Å²) in [5.41, 5.74) is 6.24. The molecule has 1 aromatic rings. The Hall–Kier alpha value is -0.900. The van der Waals surface area contributed by atoms with Crippen LogP contribution in [0.3, 0.4) is 0 Å². The molecule has 1 aromatic heterocycles. The molecule has 19 heavy (non-hydrogen) atoms. The van der Waals surface area contributed by atoms with E-state index in [1.165, 1.54) is 32.1 Å². The van der Waals surface area contributed by atoms with E-state index >= 15 is 0 Å². The highest BCUT2D eigenvalue weighted by atomic mass is 16.5. The fraction of sp³-hybridized carbons (Fsp3) is 0.867. The summed E-state index contributed by atoms with van der Waals surface area (Å²) >= 11 is 0. The van der Waals surface area contributed by atoms with Gasteiger partial charge in [-0.3, -0.25) is 0 Å². The second-order valence-corrected chi connectivity index (χ2v) is 6.98. The Morgan fingerprint density at radius 2 is 2.16 bits per heavy atom. The lowest BCUT2D eigenvalue weighted by Crippen LogP contribution is -2.42. The number of nitrogens with zero attached hydrogens (tertiary/aromatic N) is 2. The van der Waals surface area contributed by atoms with Gasteiger partial charge < -0.3 is 10.3 Å². The molecular formula is C15H25N3O. The van der Waals surface area contributed by atoms with Crippen LogP contribution >= 0.6 is 0 Å². The molecule has 2 unspecified atom stereocenters. The van der Waals surface area contributed by atoms with Crippen molar-refractivity contribution in [1.82, 2.24) is 10.1 Å². The summed E-state index contributed by atoms with van der Waals surface area (Å²) in [6, 6.07) is 0. The predicted molar refractivity (Wildman–Crippen MR) is 73.6 cm³/mol. The summed E-state index contributed by atoms with van der Waals surface area (Å²) < 4.78 is 5.38. The van der Waals surface area contributed by atoms with Gasteiger partial charge in [-0.05, 0) is 43.9 Å². The average Bonchev–Trinajstić information content (AvgIpc) is 3.06. The third kappa shape index (κ3) is 2.83. The number of nitrogens with two attached hydrogens (primary N) is 1. The maximum absolute atomic E-state index is 6.60. The van der Waals surface area contributed by atoms with Crippen LogP contribution in [0.25, 0.3) is 0 Å². The van der Waals surface area contributed by atoms with Gasteiger partial charge in [-0.25, -0.2) is 0 Å². The normalized spacial score (nSPS) is 31.9. The molecule has 4 heteroatoms. The highest BCUT2D eigenvalue weighted by Crippen LogP contribution is 2.42. The second kappa shape index (κ2) is 4.89. The van der Waals surface area contributed by atoms with Gasteiger partial charge in [-0.2, -0.15) is 4.98 Å². The molecule has 2 aliphatic carbocycles. The molecule has 2 fully saturated rings. The molecule has 106 valence electrons. The number of rotatable bonds is 4. The van der Waals surface area contributed by atoms with Gasteiger partial charge in [0.05, 0.1) is 5.54 Å². The molecule has 0 bridgehead atoms. The minimum atomic E-state index is -0.353. The van der Waals surface area contributed by atoms with Crippen LogP contribution in [-0.2, 0) is 5.54 Å². The van der Waals surface area contributed by atoms with Gasteiger partial charge in [0, 0.05) is 5.92 Å².